The average molecular weight is 381 g/mol. The van der Waals surface area contributed by atoms with E-state index in [0.29, 0.717) is 17.8 Å². The molecule has 2 heterocycles. The van der Waals surface area contributed by atoms with Crippen molar-refractivity contribution >= 4 is 11.8 Å². The summed E-state index contributed by atoms with van der Waals surface area (Å²) < 4.78 is 20.2. The normalized spacial score (nSPS) is 22.5. The van der Waals surface area contributed by atoms with Crippen molar-refractivity contribution in [2.45, 2.75) is 25.1 Å². The Morgan fingerprint density at radius 2 is 1.96 bits per heavy atom. The van der Waals surface area contributed by atoms with E-state index in [4.69, 9.17) is 10.5 Å². The van der Waals surface area contributed by atoms with Crippen LogP contribution in [0.1, 0.15) is 23.6 Å². The first-order valence-electron chi connectivity index (χ1n) is 9.56. The van der Waals surface area contributed by atoms with Gasteiger partial charge in [-0.25, -0.2) is 9.18 Å². The first-order chi connectivity index (χ1) is 13.7. The van der Waals surface area contributed by atoms with E-state index in [0.717, 1.165) is 19.5 Å². The van der Waals surface area contributed by atoms with Crippen LogP contribution in [0.25, 0.3) is 0 Å². The highest BCUT2D eigenvalue weighted by Crippen LogP contribution is 2.33. The predicted molar refractivity (Wildman–Crippen MR) is 106 cm³/mol. The Morgan fingerprint density at radius 1 is 1.14 bits per heavy atom. The molecule has 28 heavy (non-hydrogen) atoms. The third-order valence-electron chi connectivity index (χ3n) is 5.33. The Labute approximate surface area is 164 Å². The van der Waals surface area contributed by atoms with Gasteiger partial charge in [-0.2, -0.15) is 0 Å². The van der Waals surface area contributed by atoms with Crippen LogP contribution in [0.5, 0.6) is 0 Å². The molecule has 2 unspecified atom stereocenters. The third-order valence-corrected chi connectivity index (χ3v) is 5.33. The third kappa shape index (κ3) is 3.79. The molecular weight excluding hydrogens is 357 g/mol. The van der Waals surface area contributed by atoms with E-state index < -0.39 is 6.09 Å². The van der Waals surface area contributed by atoms with E-state index in [2.05, 4.69) is 29.2 Å². The second-order valence-corrected chi connectivity index (χ2v) is 7.20. The maximum absolute atomic E-state index is 15.1. The van der Waals surface area contributed by atoms with Crippen LogP contribution >= 0.6 is 0 Å². The van der Waals surface area contributed by atoms with E-state index in [1.165, 1.54) is 16.5 Å². The van der Waals surface area contributed by atoms with Gasteiger partial charge in [0.1, 0.15) is 11.9 Å². The van der Waals surface area contributed by atoms with Crippen LogP contribution in [0.2, 0.25) is 0 Å². The Morgan fingerprint density at radius 3 is 2.68 bits per heavy atom. The molecular formula is C22H24FN3O2. The van der Waals surface area contributed by atoms with Gasteiger partial charge in [-0.05, 0) is 24.1 Å². The number of carbonyl (C=O) groups excluding carboxylic acids is 1. The zero-order valence-electron chi connectivity index (χ0n) is 15.6. The van der Waals surface area contributed by atoms with Gasteiger partial charge in [0.25, 0.3) is 0 Å². The van der Waals surface area contributed by atoms with Crippen LogP contribution in [0, 0.1) is 5.82 Å². The van der Waals surface area contributed by atoms with Crippen molar-refractivity contribution in [3.8, 4) is 0 Å². The molecule has 0 spiro atoms. The molecule has 6 heteroatoms. The summed E-state index contributed by atoms with van der Waals surface area (Å²) >= 11 is 0. The number of cyclic esters (lactones) is 1. The molecule has 2 aromatic rings. The topological polar surface area (TPSA) is 58.8 Å². The standard InChI is InChI=1S/C22H24FN3O2/c23-20-12-17(26-15-18(13-24)28-22(26)27)9-10-19(20)21-8-4-5-11-25(21)14-16-6-2-1-3-7-16/h1-7,9-10,12,18,21H,8,11,13-15,24H2. The molecule has 0 radical (unpaired) electrons. The molecule has 5 nitrogen and oxygen atoms in total. The maximum atomic E-state index is 15.1. The Kier molecular flexibility index (Phi) is 5.41. The second-order valence-electron chi connectivity index (χ2n) is 7.20. The van der Waals surface area contributed by atoms with Crippen molar-refractivity contribution in [1.29, 1.82) is 0 Å². The molecule has 2 N–H and O–H groups in total. The lowest BCUT2D eigenvalue weighted by molar-refractivity contribution is 0.145. The van der Waals surface area contributed by atoms with E-state index in [1.54, 1.807) is 12.1 Å². The van der Waals surface area contributed by atoms with Gasteiger partial charge in [0.15, 0.2) is 0 Å². The molecule has 0 aromatic heterocycles. The summed E-state index contributed by atoms with van der Waals surface area (Å²) in [6.45, 7) is 2.14. The number of ether oxygens (including phenoxy) is 1. The predicted octanol–water partition coefficient (Wildman–Crippen LogP) is 3.61. The molecule has 2 aromatic carbocycles. The number of rotatable bonds is 5. The van der Waals surface area contributed by atoms with Crippen LogP contribution in [0.4, 0.5) is 14.9 Å². The number of anilines is 1. The van der Waals surface area contributed by atoms with Gasteiger partial charge < -0.3 is 10.5 Å². The molecule has 2 aliphatic heterocycles. The highest BCUT2D eigenvalue weighted by Gasteiger charge is 2.32. The van der Waals surface area contributed by atoms with E-state index in [9.17, 15) is 4.79 Å². The lowest BCUT2D eigenvalue weighted by Crippen LogP contribution is -2.31. The minimum absolute atomic E-state index is 0.0402. The fraction of sp³-hybridized carbons (Fsp3) is 0.318. The van der Waals surface area contributed by atoms with Gasteiger partial charge in [-0.1, -0.05) is 48.6 Å². The van der Waals surface area contributed by atoms with Crippen molar-refractivity contribution in [2.24, 2.45) is 5.73 Å². The SMILES string of the molecule is NCC1CN(c2ccc(C3CC=CCN3Cc3ccccc3)c(F)c2)C(=O)O1. The van der Waals surface area contributed by atoms with Crippen molar-refractivity contribution in [2.75, 3.05) is 24.5 Å². The van der Waals surface area contributed by atoms with Crippen LogP contribution < -0.4 is 10.6 Å². The van der Waals surface area contributed by atoms with Crippen molar-refractivity contribution in [1.82, 2.24) is 4.90 Å². The number of nitrogens with two attached hydrogens (primary N) is 1. The van der Waals surface area contributed by atoms with Gasteiger partial charge in [0, 0.05) is 31.2 Å². The van der Waals surface area contributed by atoms with E-state index >= 15 is 4.39 Å². The van der Waals surface area contributed by atoms with Gasteiger partial charge in [-0.15, -0.1) is 0 Å². The maximum Gasteiger partial charge on any atom is 0.414 e. The second kappa shape index (κ2) is 8.12. The smallest absolute Gasteiger partial charge is 0.414 e. The van der Waals surface area contributed by atoms with Gasteiger partial charge >= 0.3 is 6.09 Å². The highest BCUT2D eigenvalue weighted by molar-refractivity contribution is 5.89. The summed E-state index contributed by atoms with van der Waals surface area (Å²) in [4.78, 5) is 15.7. The molecule has 2 atom stereocenters. The first-order valence-corrected chi connectivity index (χ1v) is 9.56. The van der Waals surface area contributed by atoms with Gasteiger partial charge in [0.2, 0.25) is 0 Å². The Bertz CT molecular complexity index is 871. The lowest BCUT2D eigenvalue weighted by Gasteiger charge is -2.33. The van der Waals surface area contributed by atoms with Crippen LogP contribution in [-0.2, 0) is 11.3 Å². The zero-order chi connectivity index (χ0) is 19.5. The number of benzene rings is 2. The quantitative estimate of drug-likeness (QED) is 0.804. The fourth-order valence-corrected chi connectivity index (χ4v) is 3.84. The van der Waals surface area contributed by atoms with Gasteiger partial charge in [-0.3, -0.25) is 9.80 Å². The molecule has 146 valence electrons. The largest absolute Gasteiger partial charge is 0.443 e. The highest BCUT2D eigenvalue weighted by atomic mass is 19.1. The molecule has 1 fully saturated rings. The lowest BCUT2D eigenvalue weighted by atomic mass is 9.97. The number of nitrogens with zero attached hydrogens (tertiary/aromatic N) is 2. The van der Waals surface area contributed by atoms with Crippen LogP contribution in [0.15, 0.2) is 60.7 Å². The summed E-state index contributed by atoms with van der Waals surface area (Å²) in [5.41, 5.74) is 7.93. The summed E-state index contributed by atoms with van der Waals surface area (Å²) in [5, 5.41) is 0. The molecule has 1 amide bonds. The van der Waals surface area contributed by atoms with Gasteiger partial charge in [0.05, 0.1) is 12.2 Å². The van der Waals surface area contributed by atoms with E-state index in [1.807, 2.05) is 18.2 Å². The summed E-state index contributed by atoms with van der Waals surface area (Å²) in [7, 11) is 0. The van der Waals surface area contributed by atoms with Crippen molar-refractivity contribution < 1.29 is 13.9 Å². The monoisotopic (exact) mass is 381 g/mol. The average Bonchev–Trinajstić information content (AvgIpc) is 3.10. The summed E-state index contributed by atoms with van der Waals surface area (Å²) in [6, 6.07) is 15.2. The molecule has 2 aliphatic rings. The summed E-state index contributed by atoms with van der Waals surface area (Å²) in [6.07, 6.45) is 4.15. The fourth-order valence-electron chi connectivity index (χ4n) is 3.84. The van der Waals surface area contributed by atoms with Crippen molar-refractivity contribution in [3.05, 3.63) is 77.6 Å². The molecule has 0 bridgehead atoms. The number of carbonyl (C=O) groups is 1. The Hall–Kier alpha value is -2.70. The minimum Gasteiger partial charge on any atom is -0.443 e. The zero-order valence-corrected chi connectivity index (χ0v) is 15.6. The molecule has 0 saturated carbocycles. The first kappa shape index (κ1) is 18.7. The number of hydrogen-bond acceptors (Lipinski definition) is 4. The van der Waals surface area contributed by atoms with Crippen LogP contribution in [-0.4, -0.2) is 36.7 Å². The molecule has 1 saturated heterocycles. The number of hydrogen-bond donors (Lipinski definition) is 1. The minimum atomic E-state index is -0.478. The van der Waals surface area contributed by atoms with E-state index in [-0.39, 0.29) is 24.5 Å². The Balaban J connectivity index is 1.56. The van der Waals surface area contributed by atoms with Crippen LogP contribution in [0.3, 0.4) is 0 Å². The summed E-state index contributed by atoms with van der Waals surface area (Å²) in [5.74, 6) is -0.306. The van der Waals surface area contributed by atoms with Crippen molar-refractivity contribution in [3.63, 3.8) is 0 Å². The molecule has 0 aliphatic carbocycles. The number of halogens is 1. The number of amides is 1. The molecule has 4 rings (SSSR count).